The van der Waals surface area contributed by atoms with E-state index >= 15 is 0 Å². The average Bonchev–Trinajstić information content (AvgIpc) is 2.13. The van der Waals surface area contributed by atoms with Crippen LogP contribution in [0.3, 0.4) is 0 Å². The van der Waals surface area contributed by atoms with Crippen molar-refractivity contribution in [2.75, 3.05) is 36.2 Å². The molecule has 0 bridgehead atoms. The highest BCUT2D eigenvalue weighted by Crippen LogP contribution is 2.20. The molecule has 0 saturated heterocycles. The lowest BCUT2D eigenvalue weighted by atomic mass is 10.2. The number of nitrogens with two attached hydrogens (primary N) is 1. The van der Waals surface area contributed by atoms with Crippen LogP contribution in [-0.4, -0.2) is 34.0 Å². The van der Waals surface area contributed by atoms with E-state index in [1.54, 1.807) is 18.0 Å². The fourth-order valence-electron chi connectivity index (χ4n) is 1.26. The van der Waals surface area contributed by atoms with Gasteiger partial charge < -0.3 is 10.6 Å². The topological polar surface area (TPSA) is 63.4 Å². The average molecular weight is 246 g/mol. The van der Waals surface area contributed by atoms with Gasteiger partial charge in [-0.3, -0.25) is 0 Å². The van der Waals surface area contributed by atoms with Crippen molar-refractivity contribution in [1.82, 2.24) is 0 Å². The molecule has 0 aromatic heterocycles. The van der Waals surface area contributed by atoms with E-state index in [1.165, 1.54) is 12.1 Å². The summed E-state index contributed by atoms with van der Waals surface area (Å²) in [5.74, 6) is -0.455. The highest BCUT2D eigenvalue weighted by Gasteiger charge is 2.10. The van der Waals surface area contributed by atoms with Crippen LogP contribution in [0.1, 0.15) is 0 Å². The lowest BCUT2D eigenvalue weighted by molar-refractivity contribution is 0.599. The van der Waals surface area contributed by atoms with Crippen LogP contribution in [0.15, 0.2) is 18.2 Å². The van der Waals surface area contributed by atoms with Gasteiger partial charge >= 0.3 is 0 Å². The number of anilines is 2. The first kappa shape index (κ1) is 12.8. The molecule has 16 heavy (non-hydrogen) atoms. The first-order valence-corrected chi connectivity index (χ1v) is 6.79. The fraction of sp³-hybridized carbons (Fsp3) is 0.400. The fourth-order valence-corrected chi connectivity index (χ4v) is 1.86. The van der Waals surface area contributed by atoms with Gasteiger partial charge in [-0.15, -0.1) is 0 Å². The molecule has 0 spiro atoms. The maximum atomic E-state index is 13.4. The zero-order valence-corrected chi connectivity index (χ0v) is 10.1. The minimum Gasteiger partial charge on any atom is -0.399 e. The summed E-state index contributed by atoms with van der Waals surface area (Å²) in [6, 6.07) is 4.33. The van der Waals surface area contributed by atoms with Crippen molar-refractivity contribution in [3.05, 3.63) is 24.0 Å². The molecule has 0 heterocycles. The van der Waals surface area contributed by atoms with E-state index in [0.717, 1.165) is 6.26 Å². The number of sulfone groups is 1. The summed E-state index contributed by atoms with van der Waals surface area (Å²) in [6.07, 6.45) is 1.15. The van der Waals surface area contributed by atoms with E-state index in [4.69, 9.17) is 5.73 Å². The molecule has 0 aliphatic rings. The Bertz CT molecular complexity index is 474. The van der Waals surface area contributed by atoms with Crippen molar-refractivity contribution in [3.8, 4) is 0 Å². The minimum absolute atomic E-state index is 0.00663. The molecule has 1 rings (SSSR count). The zero-order chi connectivity index (χ0) is 12.3. The van der Waals surface area contributed by atoms with Crippen LogP contribution in [-0.2, 0) is 9.84 Å². The molecule has 90 valence electrons. The zero-order valence-electron chi connectivity index (χ0n) is 9.27. The molecule has 6 heteroatoms. The molecule has 0 saturated carbocycles. The first-order valence-electron chi connectivity index (χ1n) is 4.73. The summed E-state index contributed by atoms with van der Waals surface area (Å²) >= 11 is 0. The predicted octanol–water partition coefficient (Wildman–Crippen LogP) is 0.889. The van der Waals surface area contributed by atoms with Crippen molar-refractivity contribution < 1.29 is 12.8 Å². The van der Waals surface area contributed by atoms with Gasteiger partial charge in [0.1, 0.15) is 15.7 Å². The van der Waals surface area contributed by atoms with Crippen LogP contribution in [0.4, 0.5) is 15.8 Å². The maximum Gasteiger partial charge on any atom is 0.149 e. The number of benzene rings is 1. The quantitative estimate of drug-likeness (QED) is 0.801. The third-order valence-corrected chi connectivity index (χ3v) is 3.10. The monoisotopic (exact) mass is 246 g/mol. The lowest BCUT2D eigenvalue weighted by Crippen LogP contribution is -2.25. The van der Waals surface area contributed by atoms with E-state index < -0.39 is 15.7 Å². The third-order valence-electron chi connectivity index (χ3n) is 2.18. The minimum atomic E-state index is -3.04. The Labute approximate surface area is 94.8 Å². The van der Waals surface area contributed by atoms with Gasteiger partial charge in [0, 0.05) is 25.5 Å². The SMILES string of the molecule is CN(CCS(C)(=O)=O)c1ccc(N)cc1F. The number of halogens is 1. The Balaban J connectivity index is 2.77. The standard InChI is InChI=1S/C10H15FN2O2S/c1-13(5-6-16(2,14)15)10-4-3-8(12)7-9(10)11/h3-4,7H,5-6,12H2,1-2H3. The Morgan fingerprint density at radius 3 is 2.56 bits per heavy atom. The summed E-state index contributed by atoms with van der Waals surface area (Å²) in [4.78, 5) is 1.55. The van der Waals surface area contributed by atoms with E-state index in [-0.39, 0.29) is 12.3 Å². The Morgan fingerprint density at radius 1 is 1.44 bits per heavy atom. The van der Waals surface area contributed by atoms with Crippen molar-refractivity contribution in [2.24, 2.45) is 0 Å². The molecule has 0 fully saturated rings. The molecular formula is C10H15FN2O2S. The summed E-state index contributed by atoms with van der Waals surface area (Å²) in [6.45, 7) is 0.250. The van der Waals surface area contributed by atoms with E-state index in [9.17, 15) is 12.8 Å². The molecule has 1 aromatic carbocycles. The third kappa shape index (κ3) is 3.69. The first-order chi connectivity index (χ1) is 7.29. The van der Waals surface area contributed by atoms with Gasteiger partial charge in [0.2, 0.25) is 0 Å². The highest BCUT2D eigenvalue weighted by atomic mass is 32.2. The summed E-state index contributed by atoms with van der Waals surface area (Å²) < 4.78 is 35.4. The van der Waals surface area contributed by atoms with Crippen LogP contribution in [0, 0.1) is 5.82 Å². The van der Waals surface area contributed by atoms with Gasteiger partial charge in [-0.05, 0) is 18.2 Å². The Kier molecular flexibility index (Phi) is 3.74. The number of hydrogen-bond donors (Lipinski definition) is 1. The summed E-state index contributed by atoms with van der Waals surface area (Å²) in [5, 5.41) is 0. The molecule has 0 radical (unpaired) electrons. The van der Waals surface area contributed by atoms with Crippen LogP contribution in [0.25, 0.3) is 0 Å². The van der Waals surface area contributed by atoms with Crippen molar-refractivity contribution >= 4 is 21.2 Å². The Morgan fingerprint density at radius 2 is 2.06 bits per heavy atom. The number of hydrogen-bond acceptors (Lipinski definition) is 4. The molecule has 2 N–H and O–H groups in total. The van der Waals surface area contributed by atoms with Gasteiger partial charge in [-0.1, -0.05) is 0 Å². The molecule has 0 aliphatic carbocycles. The highest BCUT2D eigenvalue weighted by molar-refractivity contribution is 7.90. The summed E-state index contributed by atoms with van der Waals surface area (Å²) in [7, 11) is -1.40. The van der Waals surface area contributed by atoms with Crippen LogP contribution < -0.4 is 10.6 Å². The van der Waals surface area contributed by atoms with Gasteiger partial charge in [-0.25, -0.2) is 12.8 Å². The van der Waals surface area contributed by atoms with Crippen LogP contribution in [0.2, 0.25) is 0 Å². The number of nitrogen functional groups attached to an aromatic ring is 1. The van der Waals surface area contributed by atoms with Gasteiger partial charge in [0.15, 0.2) is 0 Å². The maximum absolute atomic E-state index is 13.4. The van der Waals surface area contributed by atoms with Crippen LogP contribution >= 0.6 is 0 Å². The van der Waals surface area contributed by atoms with Crippen molar-refractivity contribution in [2.45, 2.75) is 0 Å². The predicted molar refractivity (Wildman–Crippen MR) is 63.8 cm³/mol. The van der Waals surface area contributed by atoms with E-state index in [1.807, 2.05) is 0 Å². The van der Waals surface area contributed by atoms with E-state index in [2.05, 4.69) is 0 Å². The number of nitrogens with zero attached hydrogens (tertiary/aromatic N) is 1. The molecule has 0 unspecified atom stereocenters. The molecule has 4 nitrogen and oxygen atoms in total. The van der Waals surface area contributed by atoms with E-state index in [0.29, 0.717) is 11.4 Å². The number of rotatable bonds is 4. The van der Waals surface area contributed by atoms with Gasteiger partial charge in [-0.2, -0.15) is 0 Å². The molecule has 0 aliphatic heterocycles. The summed E-state index contributed by atoms with van der Waals surface area (Å²) in [5.41, 5.74) is 6.11. The molecular weight excluding hydrogens is 231 g/mol. The second-order valence-electron chi connectivity index (χ2n) is 3.76. The van der Waals surface area contributed by atoms with Crippen molar-refractivity contribution in [1.29, 1.82) is 0 Å². The second-order valence-corrected chi connectivity index (χ2v) is 6.02. The van der Waals surface area contributed by atoms with Gasteiger partial charge in [0.25, 0.3) is 0 Å². The Hall–Kier alpha value is -1.30. The lowest BCUT2D eigenvalue weighted by Gasteiger charge is -2.19. The normalized spacial score (nSPS) is 11.4. The molecule has 1 aromatic rings. The van der Waals surface area contributed by atoms with Crippen molar-refractivity contribution in [3.63, 3.8) is 0 Å². The smallest absolute Gasteiger partial charge is 0.149 e. The molecule has 0 atom stereocenters. The molecule has 0 amide bonds. The van der Waals surface area contributed by atoms with Crippen LogP contribution in [0.5, 0.6) is 0 Å². The second kappa shape index (κ2) is 4.69. The largest absolute Gasteiger partial charge is 0.399 e. The van der Waals surface area contributed by atoms with Gasteiger partial charge in [0.05, 0.1) is 11.4 Å².